The molecule has 0 fully saturated rings. The number of hydrogen-bond donors (Lipinski definition) is 0. The zero-order valence-corrected chi connectivity index (χ0v) is 12.2. The van der Waals surface area contributed by atoms with Crippen LogP contribution < -0.4 is 0 Å². The van der Waals surface area contributed by atoms with Gasteiger partial charge in [0.1, 0.15) is 0 Å². The van der Waals surface area contributed by atoms with E-state index in [9.17, 15) is 0 Å². The van der Waals surface area contributed by atoms with E-state index in [0.717, 1.165) is 5.52 Å². The first-order chi connectivity index (χ1) is 10.4. The number of hydrogen-bond acceptors (Lipinski definition) is 2. The summed E-state index contributed by atoms with van der Waals surface area (Å²) in [7, 11) is 0. The van der Waals surface area contributed by atoms with Gasteiger partial charge in [0.25, 0.3) is 0 Å². The molecule has 1 aromatic heterocycles. The minimum absolute atomic E-state index is 1.09. The predicted molar refractivity (Wildman–Crippen MR) is 90.5 cm³/mol. The van der Waals surface area contributed by atoms with Crippen LogP contribution in [-0.2, 0) is 0 Å². The second-order valence-corrected chi connectivity index (χ2v) is 5.80. The molecule has 0 saturated heterocycles. The third-order valence-electron chi connectivity index (χ3n) is 3.66. The maximum atomic E-state index is 4.55. The molecule has 0 spiro atoms. The Morgan fingerprint density at radius 1 is 0.619 bits per heavy atom. The van der Waals surface area contributed by atoms with Gasteiger partial charge < -0.3 is 0 Å². The van der Waals surface area contributed by atoms with E-state index in [1.807, 2.05) is 11.6 Å². The Balaban J connectivity index is 2.00. The highest BCUT2D eigenvalue weighted by atomic mass is 32.1. The van der Waals surface area contributed by atoms with Crippen LogP contribution >= 0.6 is 11.3 Å². The maximum absolute atomic E-state index is 4.55. The molecule has 2 heteroatoms. The van der Waals surface area contributed by atoms with Crippen molar-refractivity contribution in [3.05, 3.63) is 78.3 Å². The molecular weight excluding hydrogens is 274 g/mol. The normalized spacial score (nSPS) is 10.9. The van der Waals surface area contributed by atoms with Crippen LogP contribution in [0, 0.1) is 0 Å². The van der Waals surface area contributed by atoms with Crippen molar-refractivity contribution >= 4 is 21.6 Å². The van der Waals surface area contributed by atoms with Crippen LogP contribution in [0.25, 0.3) is 32.5 Å². The van der Waals surface area contributed by atoms with E-state index in [1.165, 1.54) is 27.0 Å². The first kappa shape index (κ1) is 12.3. The highest BCUT2D eigenvalue weighted by molar-refractivity contribution is 7.16. The van der Waals surface area contributed by atoms with Crippen LogP contribution in [0.2, 0.25) is 0 Å². The molecule has 0 radical (unpaired) electrons. The first-order valence-electron chi connectivity index (χ1n) is 6.90. The fourth-order valence-electron chi connectivity index (χ4n) is 2.69. The van der Waals surface area contributed by atoms with E-state index in [1.54, 1.807) is 11.3 Å². The molecule has 0 amide bonds. The Labute approximate surface area is 127 Å². The largest absolute Gasteiger partial charge is 0.244 e. The topological polar surface area (TPSA) is 12.9 Å². The van der Waals surface area contributed by atoms with Crippen LogP contribution in [0.3, 0.4) is 0 Å². The van der Waals surface area contributed by atoms with Crippen LogP contribution in [0.4, 0.5) is 0 Å². The van der Waals surface area contributed by atoms with Crippen LogP contribution in [0.15, 0.2) is 78.3 Å². The van der Waals surface area contributed by atoms with Crippen molar-refractivity contribution in [3.63, 3.8) is 0 Å². The third kappa shape index (κ3) is 2.14. The van der Waals surface area contributed by atoms with Crippen molar-refractivity contribution in [1.82, 2.24) is 4.98 Å². The van der Waals surface area contributed by atoms with Gasteiger partial charge in [0.05, 0.1) is 15.7 Å². The summed E-state index contributed by atoms with van der Waals surface area (Å²) in [5, 5.41) is 0. The van der Waals surface area contributed by atoms with Crippen LogP contribution in [0.5, 0.6) is 0 Å². The Hall–Kier alpha value is -2.45. The third-order valence-corrected chi connectivity index (χ3v) is 4.46. The summed E-state index contributed by atoms with van der Waals surface area (Å²) in [6.07, 6.45) is 0. The molecule has 0 unspecified atom stereocenters. The first-order valence-corrected chi connectivity index (χ1v) is 7.78. The van der Waals surface area contributed by atoms with Gasteiger partial charge in [-0.1, -0.05) is 66.7 Å². The number of thiazole rings is 1. The number of rotatable bonds is 2. The Morgan fingerprint density at radius 2 is 1.33 bits per heavy atom. The van der Waals surface area contributed by atoms with Crippen LogP contribution in [0.1, 0.15) is 0 Å². The smallest absolute Gasteiger partial charge is 0.0890 e. The van der Waals surface area contributed by atoms with E-state index in [-0.39, 0.29) is 0 Å². The number of fused-ring (bicyclic) bond motifs is 1. The Morgan fingerprint density at radius 3 is 2.19 bits per heavy atom. The summed E-state index contributed by atoms with van der Waals surface area (Å²) >= 11 is 1.69. The second-order valence-electron chi connectivity index (χ2n) is 4.92. The average Bonchev–Trinajstić information content (AvgIpc) is 3.04. The van der Waals surface area contributed by atoms with Crippen molar-refractivity contribution < 1.29 is 0 Å². The minimum Gasteiger partial charge on any atom is -0.244 e. The number of aromatic nitrogens is 1. The molecule has 0 aliphatic carbocycles. The van der Waals surface area contributed by atoms with Gasteiger partial charge >= 0.3 is 0 Å². The lowest BCUT2D eigenvalue weighted by atomic mass is 9.94. The highest BCUT2D eigenvalue weighted by Gasteiger charge is 2.10. The highest BCUT2D eigenvalue weighted by Crippen LogP contribution is 2.36. The molecule has 0 aliphatic heterocycles. The average molecular weight is 287 g/mol. The standard InChI is InChI=1S/C19H13NS/c1-2-7-14(8-3-1)15-9-4-5-10-16(15)17-11-6-12-18-19(17)20-13-21-18/h1-13H. The van der Waals surface area contributed by atoms with E-state index < -0.39 is 0 Å². The zero-order valence-electron chi connectivity index (χ0n) is 11.4. The van der Waals surface area contributed by atoms with E-state index >= 15 is 0 Å². The molecule has 1 heterocycles. The molecule has 1 nitrogen and oxygen atoms in total. The predicted octanol–water partition coefficient (Wildman–Crippen LogP) is 5.63. The fourth-order valence-corrected chi connectivity index (χ4v) is 3.39. The summed E-state index contributed by atoms with van der Waals surface area (Å²) < 4.78 is 1.23. The summed E-state index contributed by atoms with van der Waals surface area (Å²) in [6, 6.07) is 25.4. The SMILES string of the molecule is c1ccc(-c2ccccc2-c2cccc3scnc23)cc1. The quantitative estimate of drug-likeness (QED) is 0.465. The lowest BCUT2D eigenvalue weighted by Gasteiger charge is -2.10. The molecule has 4 rings (SSSR count). The molecule has 0 saturated carbocycles. The monoisotopic (exact) mass is 287 g/mol. The van der Waals surface area contributed by atoms with Crippen molar-refractivity contribution in [2.24, 2.45) is 0 Å². The summed E-state index contributed by atoms with van der Waals surface area (Å²) in [5.41, 5.74) is 7.93. The molecule has 100 valence electrons. The van der Waals surface area contributed by atoms with Gasteiger partial charge in [-0.05, 0) is 22.8 Å². The van der Waals surface area contributed by atoms with E-state index in [2.05, 4.69) is 71.7 Å². The fraction of sp³-hybridized carbons (Fsp3) is 0. The summed E-state index contributed by atoms with van der Waals surface area (Å²) in [5.74, 6) is 0. The molecular formula is C19H13NS. The number of para-hydroxylation sites is 1. The van der Waals surface area contributed by atoms with Crippen molar-refractivity contribution in [2.45, 2.75) is 0 Å². The molecule has 0 N–H and O–H groups in total. The van der Waals surface area contributed by atoms with Gasteiger partial charge in [0.2, 0.25) is 0 Å². The lowest BCUT2D eigenvalue weighted by molar-refractivity contribution is 1.49. The number of benzene rings is 3. The minimum atomic E-state index is 1.09. The van der Waals surface area contributed by atoms with Crippen molar-refractivity contribution in [3.8, 4) is 22.3 Å². The second kappa shape index (κ2) is 5.15. The molecule has 3 aromatic carbocycles. The lowest BCUT2D eigenvalue weighted by Crippen LogP contribution is -1.86. The Bertz CT molecular complexity index is 894. The summed E-state index contributed by atoms with van der Waals surface area (Å²) in [4.78, 5) is 4.55. The van der Waals surface area contributed by atoms with Gasteiger partial charge in [0, 0.05) is 5.56 Å². The number of nitrogens with zero attached hydrogens (tertiary/aromatic N) is 1. The van der Waals surface area contributed by atoms with Crippen molar-refractivity contribution in [2.75, 3.05) is 0 Å². The van der Waals surface area contributed by atoms with Gasteiger partial charge in [-0.25, -0.2) is 4.98 Å². The van der Waals surface area contributed by atoms with Crippen LogP contribution in [-0.4, -0.2) is 4.98 Å². The molecule has 21 heavy (non-hydrogen) atoms. The van der Waals surface area contributed by atoms with Gasteiger partial charge in [-0.15, -0.1) is 11.3 Å². The Kier molecular flexibility index (Phi) is 3.02. The van der Waals surface area contributed by atoms with Gasteiger partial charge in [0.15, 0.2) is 0 Å². The molecule has 4 aromatic rings. The van der Waals surface area contributed by atoms with Gasteiger partial charge in [-0.3, -0.25) is 0 Å². The molecule has 0 aliphatic rings. The maximum Gasteiger partial charge on any atom is 0.0890 e. The molecule has 0 atom stereocenters. The van der Waals surface area contributed by atoms with E-state index in [0.29, 0.717) is 0 Å². The van der Waals surface area contributed by atoms with Crippen molar-refractivity contribution in [1.29, 1.82) is 0 Å². The zero-order chi connectivity index (χ0) is 14.1. The summed E-state index contributed by atoms with van der Waals surface area (Å²) in [6.45, 7) is 0. The van der Waals surface area contributed by atoms with Gasteiger partial charge in [-0.2, -0.15) is 0 Å². The van der Waals surface area contributed by atoms with E-state index in [4.69, 9.17) is 0 Å². The molecule has 0 bridgehead atoms.